The average molecular weight is 521 g/mol. The Labute approximate surface area is 207 Å². The smallest absolute Gasteiger partial charge is 0.416 e. The monoisotopic (exact) mass is 520 g/mol. The Hall–Kier alpha value is -3.34. The molecule has 188 valence electrons. The number of nitrogens with zero attached hydrogens (tertiary/aromatic N) is 2. The van der Waals surface area contributed by atoms with Gasteiger partial charge in [0, 0.05) is 31.3 Å². The molecule has 2 aromatic carbocycles. The van der Waals surface area contributed by atoms with Gasteiger partial charge in [0.1, 0.15) is 11.5 Å². The fourth-order valence-electron chi connectivity index (χ4n) is 3.94. The topological polar surface area (TPSA) is 75.7 Å². The number of aromatic nitrogens is 2. The molecule has 0 spiro atoms. The zero-order valence-electron chi connectivity index (χ0n) is 19.0. The van der Waals surface area contributed by atoms with Gasteiger partial charge in [0.15, 0.2) is 17.3 Å². The molecule has 1 aliphatic heterocycles. The van der Waals surface area contributed by atoms with E-state index in [0.29, 0.717) is 30.9 Å². The van der Waals surface area contributed by atoms with Crippen LogP contribution in [0.15, 0.2) is 57.9 Å². The molecule has 0 N–H and O–H groups in total. The fourth-order valence-corrected chi connectivity index (χ4v) is 4.24. The van der Waals surface area contributed by atoms with Crippen molar-refractivity contribution in [1.29, 1.82) is 0 Å². The number of hydrogen-bond donors (Lipinski definition) is 0. The summed E-state index contributed by atoms with van der Waals surface area (Å²) in [7, 11) is 1.76. The molecule has 7 nitrogen and oxygen atoms in total. The fraction of sp³-hybridized carbons (Fsp3) is 0.280. The maximum Gasteiger partial charge on any atom is 0.416 e. The summed E-state index contributed by atoms with van der Waals surface area (Å²) in [5.41, 5.74) is 0.0981. The Bertz CT molecular complexity index is 1480. The van der Waals surface area contributed by atoms with Crippen LogP contribution in [0.3, 0.4) is 0 Å². The second kappa shape index (κ2) is 9.61. The summed E-state index contributed by atoms with van der Waals surface area (Å²) in [5, 5.41) is 4.72. The predicted molar refractivity (Wildman–Crippen MR) is 126 cm³/mol. The third-order valence-corrected chi connectivity index (χ3v) is 6.08. The predicted octanol–water partition coefficient (Wildman–Crippen LogP) is 5.67. The van der Waals surface area contributed by atoms with Crippen molar-refractivity contribution in [2.24, 2.45) is 7.05 Å². The Morgan fingerprint density at radius 3 is 2.56 bits per heavy atom. The van der Waals surface area contributed by atoms with Crippen LogP contribution in [0.4, 0.5) is 13.2 Å². The summed E-state index contributed by atoms with van der Waals surface area (Å²) in [6.07, 6.45) is -3.01. The molecule has 0 saturated carbocycles. The normalized spacial score (nSPS) is 14.6. The summed E-state index contributed by atoms with van der Waals surface area (Å²) >= 11 is 6.61. The van der Waals surface area contributed by atoms with Crippen molar-refractivity contribution < 1.29 is 31.8 Å². The molecule has 5 rings (SSSR count). The number of alkyl halides is 3. The molecule has 1 fully saturated rings. The first-order valence-corrected chi connectivity index (χ1v) is 11.4. The molecule has 1 aliphatic rings. The third-order valence-electron chi connectivity index (χ3n) is 5.70. The second-order valence-electron chi connectivity index (χ2n) is 8.17. The first kappa shape index (κ1) is 24.4. The van der Waals surface area contributed by atoms with Gasteiger partial charge in [0.25, 0.3) is 0 Å². The Morgan fingerprint density at radius 2 is 1.86 bits per heavy atom. The molecule has 0 amide bonds. The van der Waals surface area contributed by atoms with E-state index < -0.39 is 23.5 Å². The minimum absolute atomic E-state index is 0.0182. The Balaban J connectivity index is 1.57. The van der Waals surface area contributed by atoms with Crippen LogP contribution in [0.5, 0.6) is 5.75 Å². The number of aryl methyl sites for hydroxylation is 1. The molecule has 11 heteroatoms. The lowest BCUT2D eigenvalue weighted by atomic mass is 10.1. The molecule has 0 radical (unpaired) electrons. The van der Waals surface area contributed by atoms with Gasteiger partial charge >= 0.3 is 6.18 Å². The van der Waals surface area contributed by atoms with Gasteiger partial charge in [-0.15, -0.1) is 0 Å². The van der Waals surface area contributed by atoms with E-state index in [-0.39, 0.29) is 39.7 Å². The van der Waals surface area contributed by atoms with Crippen molar-refractivity contribution in [3.05, 3.63) is 69.5 Å². The lowest BCUT2D eigenvalue weighted by molar-refractivity contribution is -0.137. The van der Waals surface area contributed by atoms with Crippen molar-refractivity contribution in [1.82, 2.24) is 9.78 Å². The number of halogens is 4. The van der Waals surface area contributed by atoms with Crippen LogP contribution in [0, 0.1) is 0 Å². The van der Waals surface area contributed by atoms with Gasteiger partial charge < -0.3 is 18.6 Å². The van der Waals surface area contributed by atoms with Crippen molar-refractivity contribution in [3.8, 4) is 28.3 Å². The summed E-state index contributed by atoms with van der Waals surface area (Å²) in [6.45, 7) is 0.924. The van der Waals surface area contributed by atoms with Crippen molar-refractivity contribution >= 4 is 22.6 Å². The minimum atomic E-state index is -4.58. The van der Waals surface area contributed by atoms with E-state index in [1.54, 1.807) is 36.1 Å². The first-order valence-electron chi connectivity index (χ1n) is 11.0. The van der Waals surface area contributed by atoms with Crippen LogP contribution in [-0.2, 0) is 22.7 Å². The van der Waals surface area contributed by atoms with Gasteiger partial charge in [-0.25, -0.2) is 0 Å². The van der Waals surface area contributed by atoms with Crippen LogP contribution < -0.4 is 10.2 Å². The standard InChI is InChI=1S/C25H20ClF3N2O5/c1-31-8-6-18(30-31)15-4-5-16-19(32)13-21(36-24(16)23(15)26)17-3-2-14(25(27,28)29)12-20(17)33-9-7-22-34-10-11-35-22/h2-6,8,12-13,22H,7,9-11H2,1H3. The highest BCUT2D eigenvalue weighted by molar-refractivity contribution is 6.37. The largest absolute Gasteiger partial charge is 0.493 e. The van der Waals surface area contributed by atoms with Crippen molar-refractivity contribution in [2.75, 3.05) is 19.8 Å². The lowest BCUT2D eigenvalue weighted by Crippen LogP contribution is -2.13. The number of benzene rings is 2. The molecule has 3 heterocycles. The van der Waals surface area contributed by atoms with Gasteiger partial charge in [-0.3, -0.25) is 9.48 Å². The van der Waals surface area contributed by atoms with Crippen molar-refractivity contribution in [3.63, 3.8) is 0 Å². The van der Waals surface area contributed by atoms with Crippen LogP contribution >= 0.6 is 11.6 Å². The van der Waals surface area contributed by atoms with E-state index >= 15 is 0 Å². The van der Waals surface area contributed by atoms with E-state index in [4.69, 9.17) is 30.2 Å². The third kappa shape index (κ3) is 4.84. The molecular formula is C25H20ClF3N2O5. The number of ether oxygens (including phenoxy) is 3. The molecule has 0 bridgehead atoms. The molecule has 0 unspecified atom stereocenters. The average Bonchev–Trinajstić information content (AvgIpc) is 3.51. The zero-order valence-corrected chi connectivity index (χ0v) is 19.7. The van der Waals surface area contributed by atoms with Crippen LogP contribution in [-0.4, -0.2) is 35.9 Å². The van der Waals surface area contributed by atoms with Gasteiger partial charge in [0.05, 0.1) is 47.1 Å². The van der Waals surface area contributed by atoms with Crippen LogP contribution in [0.25, 0.3) is 33.6 Å². The van der Waals surface area contributed by atoms with Gasteiger partial charge in [-0.2, -0.15) is 18.3 Å². The minimum Gasteiger partial charge on any atom is -0.493 e. The highest BCUT2D eigenvalue weighted by Crippen LogP contribution is 2.39. The maximum atomic E-state index is 13.4. The van der Waals surface area contributed by atoms with E-state index in [0.717, 1.165) is 12.1 Å². The molecule has 4 aromatic rings. The van der Waals surface area contributed by atoms with E-state index in [9.17, 15) is 18.0 Å². The Kier molecular flexibility index (Phi) is 6.50. The SMILES string of the molecule is Cn1ccc(-c2ccc3c(=O)cc(-c4ccc(C(F)(F)F)cc4OCCC4OCCO4)oc3c2Cl)n1. The zero-order chi connectivity index (χ0) is 25.4. The molecule has 36 heavy (non-hydrogen) atoms. The molecule has 1 saturated heterocycles. The molecular weight excluding hydrogens is 501 g/mol. The highest BCUT2D eigenvalue weighted by atomic mass is 35.5. The lowest BCUT2D eigenvalue weighted by Gasteiger charge is -2.16. The first-order chi connectivity index (χ1) is 17.2. The Morgan fingerprint density at radius 1 is 1.11 bits per heavy atom. The highest BCUT2D eigenvalue weighted by Gasteiger charge is 2.32. The van der Waals surface area contributed by atoms with Gasteiger partial charge in [0.2, 0.25) is 0 Å². The number of rotatable bonds is 6. The van der Waals surface area contributed by atoms with E-state index in [1.165, 1.54) is 12.1 Å². The summed E-state index contributed by atoms with van der Waals surface area (Å²) in [4.78, 5) is 12.9. The summed E-state index contributed by atoms with van der Waals surface area (Å²) in [5.74, 6) is -0.0769. The number of hydrogen-bond acceptors (Lipinski definition) is 6. The van der Waals surface area contributed by atoms with Crippen LogP contribution in [0.2, 0.25) is 5.02 Å². The van der Waals surface area contributed by atoms with Gasteiger partial charge in [-0.05, 0) is 30.3 Å². The second-order valence-corrected chi connectivity index (χ2v) is 8.55. The van der Waals surface area contributed by atoms with E-state index in [2.05, 4.69) is 5.10 Å². The van der Waals surface area contributed by atoms with Gasteiger partial charge in [-0.1, -0.05) is 17.7 Å². The van der Waals surface area contributed by atoms with Crippen LogP contribution in [0.1, 0.15) is 12.0 Å². The van der Waals surface area contributed by atoms with Crippen molar-refractivity contribution in [2.45, 2.75) is 18.9 Å². The quantitative estimate of drug-likeness (QED) is 0.326. The molecule has 2 aromatic heterocycles. The molecule has 0 aliphatic carbocycles. The summed E-state index contributed by atoms with van der Waals surface area (Å²) in [6, 6.07) is 9.20. The maximum absolute atomic E-state index is 13.4. The molecule has 0 atom stereocenters. The summed E-state index contributed by atoms with van der Waals surface area (Å²) < 4.78 is 64.2. The number of fused-ring (bicyclic) bond motifs is 1. The van der Waals surface area contributed by atoms with E-state index in [1.807, 2.05) is 0 Å².